The third-order valence-corrected chi connectivity index (χ3v) is 4.43. The number of nitrogens with zero attached hydrogens (tertiary/aromatic N) is 2. The van der Waals surface area contributed by atoms with Gasteiger partial charge in [-0.05, 0) is 37.1 Å². The topological polar surface area (TPSA) is 26.7 Å². The molecule has 1 aromatic rings. The molecule has 3 rings (SSSR count). The maximum atomic E-state index is 9.11. The van der Waals surface area contributed by atoms with E-state index >= 15 is 0 Å². The number of fused-ring (bicyclic) bond motifs is 1. The number of piperazine rings is 1. The molecule has 4 heteroatoms. The molecule has 2 fully saturated rings. The summed E-state index contributed by atoms with van der Waals surface area (Å²) >= 11 is 6.32. The first-order chi connectivity index (χ1) is 8.78. The molecular formula is C14H19ClN2O. The minimum Gasteiger partial charge on any atom is -0.392 e. The zero-order valence-corrected chi connectivity index (χ0v) is 11.2. The van der Waals surface area contributed by atoms with Crippen LogP contribution in [0.1, 0.15) is 18.4 Å². The van der Waals surface area contributed by atoms with Crippen molar-refractivity contribution in [2.75, 3.05) is 31.1 Å². The van der Waals surface area contributed by atoms with E-state index in [0.717, 1.165) is 35.9 Å². The molecule has 0 aromatic heterocycles. The Morgan fingerprint density at radius 1 is 1.28 bits per heavy atom. The molecule has 2 saturated heterocycles. The summed E-state index contributed by atoms with van der Waals surface area (Å²) in [6.45, 7) is 4.59. The Morgan fingerprint density at radius 3 is 2.94 bits per heavy atom. The average molecular weight is 267 g/mol. The van der Waals surface area contributed by atoms with Crippen LogP contribution in [-0.2, 0) is 6.61 Å². The molecule has 18 heavy (non-hydrogen) atoms. The maximum Gasteiger partial charge on any atom is 0.0682 e. The minimum atomic E-state index is 0.0520. The molecule has 0 saturated carbocycles. The minimum absolute atomic E-state index is 0.0520. The van der Waals surface area contributed by atoms with Gasteiger partial charge >= 0.3 is 0 Å². The van der Waals surface area contributed by atoms with Gasteiger partial charge < -0.3 is 10.0 Å². The van der Waals surface area contributed by atoms with Crippen molar-refractivity contribution in [2.24, 2.45) is 0 Å². The van der Waals surface area contributed by atoms with E-state index in [1.807, 2.05) is 18.2 Å². The van der Waals surface area contributed by atoms with Crippen LogP contribution in [0.15, 0.2) is 18.2 Å². The molecule has 98 valence electrons. The lowest BCUT2D eigenvalue weighted by Gasteiger charge is -2.39. The average Bonchev–Trinajstić information content (AvgIpc) is 2.85. The molecule has 0 spiro atoms. The monoisotopic (exact) mass is 266 g/mol. The van der Waals surface area contributed by atoms with Crippen molar-refractivity contribution >= 4 is 17.3 Å². The fourth-order valence-electron chi connectivity index (χ4n) is 3.12. The van der Waals surface area contributed by atoms with E-state index < -0.39 is 0 Å². The Kier molecular flexibility index (Phi) is 3.46. The van der Waals surface area contributed by atoms with Crippen LogP contribution in [-0.4, -0.2) is 42.2 Å². The summed E-state index contributed by atoms with van der Waals surface area (Å²) in [7, 11) is 0. The highest BCUT2D eigenvalue weighted by molar-refractivity contribution is 6.33. The van der Waals surface area contributed by atoms with Crippen LogP contribution in [0.5, 0.6) is 0 Å². The molecule has 2 aliphatic rings. The van der Waals surface area contributed by atoms with Crippen LogP contribution in [0.3, 0.4) is 0 Å². The second-order valence-corrected chi connectivity index (χ2v) is 5.63. The Bertz CT molecular complexity index is 438. The third kappa shape index (κ3) is 2.22. The Balaban J connectivity index is 1.78. The molecule has 1 N–H and O–H groups in total. The normalized spacial score (nSPS) is 24.3. The van der Waals surface area contributed by atoms with E-state index in [9.17, 15) is 0 Å². The highest BCUT2D eigenvalue weighted by Gasteiger charge is 2.31. The van der Waals surface area contributed by atoms with Crippen LogP contribution < -0.4 is 4.90 Å². The van der Waals surface area contributed by atoms with Crippen molar-refractivity contribution < 1.29 is 5.11 Å². The lowest BCUT2D eigenvalue weighted by atomic mass is 10.1. The van der Waals surface area contributed by atoms with Gasteiger partial charge in [0.15, 0.2) is 0 Å². The number of hydrogen-bond donors (Lipinski definition) is 1. The van der Waals surface area contributed by atoms with E-state index in [4.69, 9.17) is 16.7 Å². The summed E-state index contributed by atoms with van der Waals surface area (Å²) in [6.07, 6.45) is 2.64. The molecule has 2 heterocycles. The van der Waals surface area contributed by atoms with Gasteiger partial charge in [-0.3, -0.25) is 4.90 Å². The van der Waals surface area contributed by atoms with Gasteiger partial charge in [-0.1, -0.05) is 17.7 Å². The van der Waals surface area contributed by atoms with Gasteiger partial charge in [-0.25, -0.2) is 0 Å². The van der Waals surface area contributed by atoms with Crippen LogP contribution in [0.4, 0.5) is 5.69 Å². The molecular weight excluding hydrogens is 248 g/mol. The summed E-state index contributed by atoms with van der Waals surface area (Å²) in [4.78, 5) is 4.97. The SMILES string of the molecule is OCc1ccc(N2CCN3CCCC3C2)c(Cl)c1. The first-order valence-electron chi connectivity index (χ1n) is 6.66. The molecule has 2 aliphatic heterocycles. The molecule has 0 bridgehead atoms. The second-order valence-electron chi connectivity index (χ2n) is 5.22. The van der Waals surface area contributed by atoms with E-state index in [2.05, 4.69) is 9.80 Å². The molecule has 1 atom stereocenters. The van der Waals surface area contributed by atoms with E-state index in [1.54, 1.807) is 0 Å². The number of anilines is 1. The maximum absolute atomic E-state index is 9.11. The Morgan fingerprint density at radius 2 is 2.17 bits per heavy atom. The summed E-state index contributed by atoms with van der Waals surface area (Å²) in [5, 5.41) is 9.86. The third-order valence-electron chi connectivity index (χ3n) is 4.12. The van der Waals surface area contributed by atoms with Gasteiger partial charge in [0.2, 0.25) is 0 Å². The fourth-order valence-corrected chi connectivity index (χ4v) is 3.44. The van der Waals surface area contributed by atoms with Crippen molar-refractivity contribution in [3.63, 3.8) is 0 Å². The predicted molar refractivity (Wildman–Crippen MR) is 74.2 cm³/mol. The lowest BCUT2D eigenvalue weighted by molar-refractivity contribution is 0.231. The van der Waals surface area contributed by atoms with E-state index in [1.165, 1.54) is 19.4 Å². The Hall–Kier alpha value is -0.770. The summed E-state index contributed by atoms with van der Waals surface area (Å²) < 4.78 is 0. The number of rotatable bonds is 2. The Labute approximate surface area is 113 Å². The van der Waals surface area contributed by atoms with Crippen molar-refractivity contribution in [1.82, 2.24) is 4.90 Å². The van der Waals surface area contributed by atoms with Crippen LogP contribution in [0.25, 0.3) is 0 Å². The first kappa shape index (κ1) is 12.3. The quantitative estimate of drug-likeness (QED) is 0.888. The number of benzene rings is 1. The summed E-state index contributed by atoms with van der Waals surface area (Å²) in [6, 6.07) is 6.57. The van der Waals surface area contributed by atoms with Crippen molar-refractivity contribution in [1.29, 1.82) is 0 Å². The van der Waals surface area contributed by atoms with Crippen molar-refractivity contribution in [3.8, 4) is 0 Å². The number of aliphatic hydroxyl groups excluding tert-OH is 1. The zero-order valence-electron chi connectivity index (χ0n) is 10.5. The number of hydrogen-bond acceptors (Lipinski definition) is 3. The number of aliphatic hydroxyl groups is 1. The largest absolute Gasteiger partial charge is 0.392 e. The van der Waals surface area contributed by atoms with Gasteiger partial charge in [0.1, 0.15) is 0 Å². The molecule has 1 aromatic carbocycles. The van der Waals surface area contributed by atoms with E-state index in [-0.39, 0.29) is 6.61 Å². The first-order valence-corrected chi connectivity index (χ1v) is 7.04. The summed E-state index contributed by atoms with van der Waals surface area (Å²) in [5.41, 5.74) is 1.99. The van der Waals surface area contributed by atoms with Gasteiger partial charge in [0, 0.05) is 25.7 Å². The summed E-state index contributed by atoms with van der Waals surface area (Å²) in [5.74, 6) is 0. The lowest BCUT2D eigenvalue weighted by Crippen LogP contribution is -2.50. The van der Waals surface area contributed by atoms with Crippen LogP contribution in [0, 0.1) is 0 Å². The second kappa shape index (κ2) is 5.08. The molecule has 0 radical (unpaired) electrons. The van der Waals surface area contributed by atoms with Gasteiger partial charge in [-0.2, -0.15) is 0 Å². The van der Waals surface area contributed by atoms with Gasteiger partial charge in [0.05, 0.1) is 17.3 Å². The van der Waals surface area contributed by atoms with Gasteiger partial charge in [0.25, 0.3) is 0 Å². The zero-order chi connectivity index (χ0) is 12.5. The molecule has 0 aliphatic carbocycles. The van der Waals surface area contributed by atoms with Crippen molar-refractivity contribution in [2.45, 2.75) is 25.5 Å². The molecule has 3 nitrogen and oxygen atoms in total. The van der Waals surface area contributed by atoms with Gasteiger partial charge in [-0.15, -0.1) is 0 Å². The molecule has 1 unspecified atom stereocenters. The smallest absolute Gasteiger partial charge is 0.0682 e. The van der Waals surface area contributed by atoms with Crippen LogP contribution >= 0.6 is 11.6 Å². The number of halogens is 1. The highest BCUT2D eigenvalue weighted by Crippen LogP contribution is 2.31. The standard InChI is InChI=1S/C14H19ClN2O/c15-13-8-11(10-18)3-4-14(13)17-7-6-16-5-1-2-12(16)9-17/h3-4,8,12,18H,1-2,5-7,9-10H2. The van der Waals surface area contributed by atoms with E-state index in [0.29, 0.717) is 6.04 Å². The highest BCUT2D eigenvalue weighted by atomic mass is 35.5. The van der Waals surface area contributed by atoms with Crippen molar-refractivity contribution in [3.05, 3.63) is 28.8 Å². The van der Waals surface area contributed by atoms with Crippen LogP contribution in [0.2, 0.25) is 5.02 Å². The molecule has 0 amide bonds. The fraction of sp³-hybridized carbons (Fsp3) is 0.571. The predicted octanol–water partition coefficient (Wildman–Crippen LogP) is 2.12.